The molecule has 1 fully saturated rings. The van der Waals surface area contributed by atoms with E-state index in [1.54, 1.807) is 13.2 Å². The zero-order valence-corrected chi connectivity index (χ0v) is 22.9. The van der Waals surface area contributed by atoms with E-state index in [1.165, 1.54) is 17.5 Å². The van der Waals surface area contributed by atoms with Gasteiger partial charge in [0.05, 0.1) is 17.8 Å². The molecule has 4 heterocycles. The van der Waals surface area contributed by atoms with E-state index in [2.05, 4.69) is 49.4 Å². The highest BCUT2D eigenvalue weighted by molar-refractivity contribution is 7.99. The van der Waals surface area contributed by atoms with Gasteiger partial charge in [-0.1, -0.05) is 30.1 Å². The normalized spacial score (nSPS) is 19.4. The van der Waals surface area contributed by atoms with E-state index in [1.807, 2.05) is 36.8 Å². The second-order valence-corrected chi connectivity index (χ2v) is 10.5. The van der Waals surface area contributed by atoms with Crippen LogP contribution < -0.4 is 14.8 Å². The van der Waals surface area contributed by atoms with Gasteiger partial charge in [0.1, 0.15) is 11.6 Å². The molecule has 0 amide bonds. The molecule has 194 valence electrons. The molecule has 1 saturated heterocycles. The number of hydrogen-bond acceptors (Lipinski definition) is 9. The Hall–Kier alpha value is -3.01. The second kappa shape index (κ2) is 11.2. The topological polar surface area (TPSA) is 78.4 Å². The summed E-state index contributed by atoms with van der Waals surface area (Å²) in [5.74, 6) is 2.05. The van der Waals surface area contributed by atoms with Crippen LogP contribution in [-0.4, -0.2) is 56.7 Å². The number of nitrogens with zero attached hydrogens (tertiary/aromatic N) is 5. The van der Waals surface area contributed by atoms with Crippen molar-refractivity contribution in [1.82, 2.24) is 24.8 Å². The molecule has 2 N–H and O–H groups in total. The van der Waals surface area contributed by atoms with Crippen molar-refractivity contribution >= 4 is 46.7 Å². The number of nitrogens with one attached hydrogen (secondary N) is 2. The molecule has 10 heteroatoms. The molecular formula is C27H32ClN7OS. The zero-order chi connectivity index (χ0) is 25.9. The minimum Gasteiger partial charge on any atom is -0.495 e. The molecule has 1 aromatic carbocycles. The molecule has 3 aromatic rings. The van der Waals surface area contributed by atoms with Crippen LogP contribution >= 0.6 is 23.5 Å². The van der Waals surface area contributed by atoms with Gasteiger partial charge in [-0.3, -0.25) is 4.90 Å². The van der Waals surface area contributed by atoms with E-state index < -0.39 is 0 Å². The summed E-state index contributed by atoms with van der Waals surface area (Å²) >= 11 is 7.69. The average molecular weight is 538 g/mol. The number of halogens is 1. The maximum absolute atomic E-state index is 6.15. The predicted octanol–water partition coefficient (Wildman–Crippen LogP) is 5.81. The first kappa shape index (κ1) is 25.6. The Kier molecular flexibility index (Phi) is 7.73. The summed E-state index contributed by atoms with van der Waals surface area (Å²) in [4.78, 5) is 18.7. The van der Waals surface area contributed by atoms with Crippen molar-refractivity contribution in [2.75, 3.05) is 29.9 Å². The van der Waals surface area contributed by atoms with Gasteiger partial charge in [-0.25, -0.2) is 15.0 Å². The van der Waals surface area contributed by atoms with Gasteiger partial charge in [-0.15, -0.1) is 0 Å². The third-order valence-corrected chi connectivity index (χ3v) is 7.82. The average Bonchev–Trinajstić information content (AvgIpc) is 3.33. The predicted molar refractivity (Wildman–Crippen MR) is 152 cm³/mol. The lowest BCUT2D eigenvalue weighted by molar-refractivity contribution is 0.102. The summed E-state index contributed by atoms with van der Waals surface area (Å²) < 4.78 is 8.52. The molecule has 2 aromatic heterocycles. The highest BCUT2D eigenvalue weighted by Gasteiger charge is 2.33. The van der Waals surface area contributed by atoms with Gasteiger partial charge in [0.15, 0.2) is 0 Å². The van der Waals surface area contributed by atoms with Gasteiger partial charge in [0.2, 0.25) is 5.95 Å². The third kappa shape index (κ3) is 5.63. The van der Waals surface area contributed by atoms with Crippen molar-refractivity contribution in [2.24, 2.45) is 0 Å². The van der Waals surface area contributed by atoms with Gasteiger partial charge in [0.25, 0.3) is 0 Å². The number of rotatable bonds is 8. The molecule has 0 spiro atoms. The third-order valence-electron chi connectivity index (χ3n) is 7.10. The first-order valence-electron chi connectivity index (χ1n) is 12.4. The van der Waals surface area contributed by atoms with Crippen LogP contribution in [0, 0.1) is 0 Å². The van der Waals surface area contributed by atoms with E-state index in [4.69, 9.17) is 21.3 Å². The first-order valence-corrected chi connectivity index (χ1v) is 14.0. The molecule has 37 heavy (non-hydrogen) atoms. The lowest BCUT2D eigenvalue weighted by atomic mass is 9.95. The summed E-state index contributed by atoms with van der Waals surface area (Å²) in [5, 5.41) is 3.85. The molecule has 2 aliphatic rings. The van der Waals surface area contributed by atoms with E-state index in [0.717, 1.165) is 60.9 Å². The fourth-order valence-electron chi connectivity index (χ4n) is 5.18. The van der Waals surface area contributed by atoms with E-state index >= 15 is 0 Å². The number of hydrogen-bond donors (Lipinski definition) is 2. The van der Waals surface area contributed by atoms with E-state index in [0.29, 0.717) is 28.8 Å². The number of aromatic nitrogens is 3. The van der Waals surface area contributed by atoms with E-state index in [9.17, 15) is 0 Å². The van der Waals surface area contributed by atoms with Crippen LogP contribution in [0.4, 0.5) is 17.5 Å². The van der Waals surface area contributed by atoms with Crippen molar-refractivity contribution < 1.29 is 4.74 Å². The van der Waals surface area contributed by atoms with Crippen molar-refractivity contribution in [3.8, 4) is 5.75 Å². The summed E-state index contributed by atoms with van der Waals surface area (Å²) in [5.41, 5.74) is 5.29. The van der Waals surface area contributed by atoms with Gasteiger partial charge >= 0.3 is 0 Å². The minimum absolute atomic E-state index is 0.392. The molecule has 0 saturated carbocycles. The second-order valence-electron chi connectivity index (χ2n) is 9.45. The van der Waals surface area contributed by atoms with Crippen molar-refractivity contribution in [3.63, 3.8) is 0 Å². The fourth-order valence-corrected chi connectivity index (χ4v) is 5.69. The monoisotopic (exact) mass is 537 g/mol. The number of benzene rings is 1. The number of fused-ring (bicyclic) bond motifs is 1. The number of ether oxygens (including phenoxy) is 1. The number of piperidine rings is 1. The number of likely N-dealkylation sites (tertiary alicyclic amines) is 1. The summed E-state index contributed by atoms with van der Waals surface area (Å²) in [6.45, 7) is 9.42. The van der Waals surface area contributed by atoms with Gasteiger partial charge in [-0.05, 0) is 44.0 Å². The molecular weight excluding hydrogens is 506 g/mol. The summed E-state index contributed by atoms with van der Waals surface area (Å²) in [6, 6.07) is 10.5. The minimum atomic E-state index is 0.392. The quantitative estimate of drug-likeness (QED) is 0.346. The molecule has 8 nitrogen and oxygen atoms in total. The van der Waals surface area contributed by atoms with Crippen molar-refractivity contribution in [1.29, 1.82) is 0 Å². The van der Waals surface area contributed by atoms with Gasteiger partial charge in [0, 0.05) is 78.9 Å². The Bertz CT molecular complexity index is 1290. The molecule has 0 radical (unpaired) electrons. The van der Waals surface area contributed by atoms with Crippen molar-refractivity contribution in [3.05, 3.63) is 71.1 Å². The van der Waals surface area contributed by atoms with Gasteiger partial charge < -0.3 is 19.7 Å². The SMILES string of the molecule is C=C(c1ccnc(NSC)c1)N1CC[C@@H](N2Cc3cnc(Nc4ccc(Cl)c(OC)c4)nc3C2)C[C@H]1C. The number of anilines is 3. The smallest absolute Gasteiger partial charge is 0.227 e. The van der Waals surface area contributed by atoms with Crippen LogP contribution in [0.2, 0.25) is 5.02 Å². The van der Waals surface area contributed by atoms with Crippen LogP contribution in [0.1, 0.15) is 36.6 Å². The Morgan fingerprint density at radius 2 is 2.08 bits per heavy atom. The Morgan fingerprint density at radius 1 is 1.22 bits per heavy atom. The molecule has 2 atom stereocenters. The number of methoxy groups -OCH3 is 1. The Labute approximate surface area is 227 Å². The maximum Gasteiger partial charge on any atom is 0.227 e. The van der Waals surface area contributed by atoms with Gasteiger partial charge in [-0.2, -0.15) is 0 Å². The lowest BCUT2D eigenvalue weighted by Crippen LogP contribution is -2.46. The maximum atomic E-state index is 6.15. The van der Waals surface area contributed by atoms with Crippen LogP contribution in [-0.2, 0) is 13.1 Å². The summed E-state index contributed by atoms with van der Waals surface area (Å²) in [6.07, 6.45) is 7.94. The lowest BCUT2D eigenvalue weighted by Gasteiger charge is -2.43. The highest BCUT2D eigenvalue weighted by Crippen LogP contribution is 2.34. The Balaban J connectivity index is 1.21. The van der Waals surface area contributed by atoms with Crippen LogP contribution in [0.15, 0.2) is 49.3 Å². The first-order chi connectivity index (χ1) is 17.9. The zero-order valence-electron chi connectivity index (χ0n) is 21.4. The van der Waals surface area contributed by atoms with Crippen LogP contribution in [0.3, 0.4) is 0 Å². The van der Waals surface area contributed by atoms with Crippen LogP contribution in [0.25, 0.3) is 5.70 Å². The summed E-state index contributed by atoms with van der Waals surface area (Å²) in [7, 11) is 1.60. The molecule has 0 bridgehead atoms. The molecule has 0 aliphatic carbocycles. The standard InChI is InChI=1S/C27H32ClN7OS/c1-17-11-22(8-10-35(17)18(2)19-7-9-29-26(12-19)33-37-4)34-15-20-14-30-27(32-24(20)16-34)31-21-5-6-23(28)25(13-21)36-3/h5-7,9,12-14,17,22H,2,8,10-11,15-16H2,1,3-4H3,(H,29,33)(H,30,31,32)/t17-,22-/m1/s1. The highest BCUT2D eigenvalue weighted by atomic mass is 35.5. The molecule has 5 rings (SSSR count). The number of pyridine rings is 1. The Morgan fingerprint density at radius 3 is 2.86 bits per heavy atom. The molecule has 0 unspecified atom stereocenters. The largest absolute Gasteiger partial charge is 0.495 e. The van der Waals surface area contributed by atoms with E-state index in [-0.39, 0.29) is 0 Å². The van der Waals surface area contributed by atoms with Crippen molar-refractivity contribution in [2.45, 2.75) is 44.9 Å². The molecule has 2 aliphatic heterocycles. The fraction of sp³-hybridized carbons (Fsp3) is 0.370. The van der Waals surface area contributed by atoms with Crippen LogP contribution in [0.5, 0.6) is 5.75 Å².